The molecular formula is C23H28F2. The first-order chi connectivity index (χ1) is 11.9. The van der Waals surface area contributed by atoms with E-state index in [0.29, 0.717) is 11.5 Å². The van der Waals surface area contributed by atoms with E-state index in [-0.39, 0.29) is 6.42 Å². The molecule has 2 aromatic carbocycles. The third kappa shape index (κ3) is 4.90. The fraction of sp³-hybridized carbons (Fsp3) is 0.478. The fourth-order valence-corrected chi connectivity index (χ4v) is 4.03. The van der Waals surface area contributed by atoms with Gasteiger partial charge in [0.15, 0.2) is 0 Å². The zero-order valence-electron chi connectivity index (χ0n) is 15.3. The van der Waals surface area contributed by atoms with Crippen molar-refractivity contribution in [3.05, 3.63) is 59.7 Å². The van der Waals surface area contributed by atoms with Crippen molar-refractivity contribution >= 4 is 0 Å². The number of alkyl halides is 2. The molecule has 1 aliphatic carbocycles. The van der Waals surface area contributed by atoms with E-state index in [2.05, 4.69) is 31.2 Å². The van der Waals surface area contributed by atoms with Crippen LogP contribution in [-0.4, -0.2) is 5.92 Å². The lowest BCUT2D eigenvalue weighted by Crippen LogP contribution is -2.13. The van der Waals surface area contributed by atoms with Gasteiger partial charge in [-0.15, -0.1) is 0 Å². The van der Waals surface area contributed by atoms with Crippen LogP contribution in [0.15, 0.2) is 48.5 Å². The van der Waals surface area contributed by atoms with Crippen molar-refractivity contribution in [2.75, 3.05) is 0 Å². The highest BCUT2D eigenvalue weighted by Crippen LogP contribution is 2.37. The van der Waals surface area contributed by atoms with Crippen LogP contribution in [0, 0.1) is 5.92 Å². The second-order valence-electron chi connectivity index (χ2n) is 7.69. The van der Waals surface area contributed by atoms with Crippen LogP contribution in [0.1, 0.15) is 63.0 Å². The lowest BCUT2D eigenvalue weighted by molar-refractivity contribution is 0.0226. The van der Waals surface area contributed by atoms with Crippen molar-refractivity contribution in [2.45, 2.75) is 64.2 Å². The van der Waals surface area contributed by atoms with Gasteiger partial charge in [0.1, 0.15) is 0 Å². The molecule has 0 nitrogen and oxygen atoms in total. The summed E-state index contributed by atoms with van der Waals surface area (Å²) in [7, 11) is 0. The van der Waals surface area contributed by atoms with Crippen molar-refractivity contribution in [1.29, 1.82) is 0 Å². The van der Waals surface area contributed by atoms with Crippen LogP contribution in [0.5, 0.6) is 0 Å². The summed E-state index contributed by atoms with van der Waals surface area (Å²) < 4.78 is 26.2. The molecule has 0 aliphatic heterocycles. The standard InChI is InChI=1S/C23H28F2/c1-3-17-4-8-19(9-5-17)21-12-14-22(15-13-21)20-10-6-18(7-11-20)16-23(2,24)25/h6-7,10-15,17,19H,3-5,8-9,16H2,1-2H3. The molecular weight excluding hydrogens is 314 g/mol. The van der Waals surface area contributed by atoms with Gasteiger partial charge in [-0.05, 0) is 66.7 Å². The van der Waals surface area contributed by atoms with Crippen LogP contribution >= 0.6 is 0 Å². The van der Waals surface area contributed by atoms with Gasteiger partial charge in [-0.2, -0.15) is 0 Å². The average Bonchev–Trinajstić information content (AvgIpc) is 2.61. The Labute approximate surface area is 150 Å². The lowest BCUT2D eigenvalue weighted by Gasteiger charge is -2.28. The van der Waals surface area contributed by atoms with Crippen LogP contribution in [0.2, 0.25) is 0 Å². The summed E-state index contributed by atoms with van der Waals surface area (Å²) in [5, 5.41) is 0. The van der Waals surface area contributed by atoms with Crippen molar-refractivity contribution in [1.82, 2.24) is 0 Å². The SMILES string of the molecule is CCC1CCC(c2ccc(-c3ccc(CC(C)(F)F)cc3)cc2)CC1. The van der Waals surface area contributed by atoms with E-state index in [1.807, 2.05) is 24.3 Å². The minimum atomic E-state index is -2.65. The van der Waals surface area contributed by atoms with E-state index in [0.717, 1.165) is 24.0 Å². The second-order valence-corrected chi connectivity index (χ2v) is 7.69. The summed E-state index contributed by atoms with van der Waals surface area (Å²) >= 11 is 0. The van der Waals surface area contributed by atoms with Crippen molar-refractivity contribution < 1.29 is 8.78 Å². The fourth-order valence-electron chi connectivity index (χ4n) is 4.03. The summed E-state index contributed by atoms with van der Waals surface area (Å²) in [6.07, 6.45) is 6.42. The van der Waals surface area contributed by atoms with Crippen LogP contribution in [-0.2, 0) is 6.42 Å². The molecule has 1 saturated carbocycles. The largest absolute Gasteiger partial charge is 0.249 e. The summed E-state index contributed by atoms with van der Waals surface area (Å²) in [5.74, 6) is -1.03. The summed E-state index contributed by atoms with van der Waals surface area (Å²) in [6, 6.07) is 16.4. The maximum absolute atomic E-state index is 13.1. The third-order valence-corrected chi connectivity index (χ3v) is 5.61. The Morgan fingerprint density at radius 2 is 1.36 bits per heavy atom. The highest BCUT2D eigenvalue weighted by Gasteiger charge is 2.22. The molecule has 0 amide bonds. The first-order valence-corrected chi connectivity index (χ1v) is 9.51. The molecule has 1 fully saturated rings. The van der Waals surface area contributed by atoms with Crippen LogP contribution < -0.4 is 0 Å². The van der Waals surface area contributed by atoms with E-state index >= 15 is 0 Å². The molecule has 134 valence electrons. The minimum absolute atomic E-state index is 0.202. The van der Waals surface area contributed by atoms with Gasteiger partial charge in [0.05, 0.1) is 0 Å². The highest BCUT2D eigenvalue weighted by atomic mass is 19.3. The smallest absolute Gasteiger partial charge is 0.207 e. The molecule has 2 aromatic rings. The quantitative estimate of drug-likeness (QED) is 0.537. The molecule has 0 spiro atoms. The molecule has 3 rings (SSSR count). The Morgan fingerprint density at radius 3 is 1.84 bits per heavy atom. The maximum Gasteiger partial charge on any atom is 0.249 e. The van der Waals surface area contributed by atoms with E-state index < -0.39 is 5.92 Å². The lowest BCUT2D eigenvalue weighted by atomic mass is 9.77. The molecule has 1 aliphatic rings. The first-order valence-electron chi connectivity index (χ1n) is 9.51. The Hall–Kier alpha value is -1.70. The van der Waals surface area contributed by atoms with E-state index in [4.69, 9.17) is 0 Å². The summed E-state index contributed by atoms with van der Waals surface area (Å²) in [5.41, 5.74) is 4.37. The molecule has 25 heavy (non-hydrogen) atoms. The van der Waals surface area contributed by atoms with E-state index in [1.54, 1.807) is 0 Å². The van der Waals surface area contributed by atoms with Gasteiger partial charge in [-0.25, -0.2) is 8.78 Å². The topological polar surface area (TPSA) is 0 Å². The Balaban J connectivity index is 1.66. The molecule has 0 unspecified atom stereocenters. The van der Waals surface area contributed by atoms with Gasteiger partial charge in [-0.3, -0.25) is 0 Å². The van der Waals surface area contributed by atoms with E-state index in [9.17, 15) is 8.78 Å². The van der Waals surface area contributed by atoms with Crippen molar-refractivity contribution in [2.24, 2.45) is 5.92 Å². The monoisotopic (exact) mass is 342 g/mol. The van der Waals surface area contributed by atoms with Gasteiger partial charge in [0.2, 0.25) is 5.92 Å². The average molecular weight is 342 g/mol. The maximum atomic E-state index is 13.1. The number of hydrogen-bond acceptors (Lipinski definition) is 0. The molecule has 0 radical (unpaired) electrons. The molecule has 0 heterocycles. The Kier molecular flexibility index (Phi) is 5.56. The van der Waals surface area contributed by atoms with E-state index in [1.165, 1.54) is 37.7 Å². The summed E-state index contributed by atoms with van der Waals surface area (Å²) in [4.78, 5) is 0. The zero-order chi connectivity index (χ0) is 17.9. The third-order valence-electron chi connectivity index (χ3n) is 5.61. The van der Waals surface area contributed by atoms with Gasteiger partial charge in [0, 0.05) is 6.42 Å². The Morgan fingerprint density at radius 1 is 0.840 bits per heavy atom. The number of halogens is 2. The normalized spacial score (nSPS) is 21.3. The molecule has 0 aromatic heterocycles. The van der Waals surface area contributed by atoms with Crippen molar-refractivity contribution in [3.63, 3.8) is 0 Å². The molecule has 2 heteroatoms. The number of benzene rings is 2. The first kappa shape index (κ1) is 18.1. The molecule has 0 saturated heterocycles. The van der Waals surface area contributed by atoms with Crippen LogP contribution in [0.3, 0.4) is 0 Å². The second kappa shape index (κ2) is 7.68. The minimum Gasteiger partial charge on any atom is -0.207 e. The van der Waals surface area contributed by atoms with Gasteiger partial charge in [0.25, 0.3) is 0 Å². The molecule has 0 bridgehead atoms. The molecule has 0 N–H and O–H groups in total. The van der Waals surface area contributed by atoms with Crippen molar-refractivity contribution in [3.8, 4) is 11.1 Å². The predicted molar refractivity (Wildman–Crippen MR) is 101 cm³/mol. The predicted octanol–water partition coefficient (Wildman–Crippen LogP) is 7.24. The van der Waals surface area contributed by atoms with Gasteiger partial charge >= 0.3 is 0 Å². The zero-order valence-corrected chi connectivity index (χ0v) is 15.3. The summed E-state index contributed by atoms with van der Waals surface area (Å²) in [6.45, 7) is 3.26. The van der Waals surface area contributed by atoms with Gasteiger partial charge in [-0.1, -0.05) is 61.9 Å². The number of hydrogen-bond donors (Lipinski definition) is 0. The van der Waals surface area contributed by atoms with Crippen LogP contribution in [0.25, 0.3) is 11.1 Å². The highest BCUT2D eigenvalue weighted by molar-refractivity contribution is 5.64. The Bertz CT molecular complexity index is 657. The van der Waals surface area contributed by atoms with Crippen LogP contribution in [0.4, 0.5) is 8.78 Å². The molecule has 0 atom stereocenters. The van der Waals surface area contributed by atoms with Gasteiger partial charge < -0.3 is 0 Å². The number of rotatable bonds is 5.